The van der Waals surface area contributed by atoms with Crippen LogP contribution in [0.5, 0.6) is 5.75 Å². The van der Waals surface area contributed by atoms with Crippen molar-refractivity contribution in [2.24, 2.45) is 5.92 Å². The molecule has 0 N–H and O–H groups in total. The van der Waals surface area contributed by atoms with Gasteiger partial charge in [-0.2, -0.15) is 0 Å². The molecule has 0 fully saturated rings. The molecule has 3 aromatic rings. The molecular weight excluding hydrogens is 280 g/mol. The van der Waals surface area contributed by atoms with Gasteiger partial charge in [0.25, 0.3) is 0 Å². The van der Waals surface area contributed by atoms with E-state index in [1.165, 1.54) is 33.5 Å². The first-order valence-corrected chi connectivity index (χ1v) is 8.66. The molecule has 2 atom stereocenters. The van der Waals surface area contributed by atoms with E-state index in [2.05, 4.69) is 76.2 Å². The van der Waals surface area contributed by atoms with Crippen LogP contribution in [-0.4, -0.2) is 6.10 Å². The van der Waals surface area contributed by atoms with Crippen molar-refractivity contribution in [3.63, 3.8) is 0 Å². The summed E-state index contributed by atoms with van der Waals surface area (Å²) in [5, 5.41) is 5.10. The molecule has 2 unspecified atom stereocenters. The van der Waals surface area contributed by atoms with E-state index in [-0.39, 0.29) is 6.10 Å². The van der Waals surface area contributed by atoms with E-state index >= 15 is 0 Å². The fourth-order valence-electron chi connectivity index (χ4n) is 3.18. The van der Waals surface area contributed by atoms with Gasteiger partial charge in [-0.3, -0.25) is 0 Å². The molecule has 23 heavy (non-hydrogen) atoms. The normalized spacial score (nSPS) is 14.1. The fourth-order valence-corrected chi connectivity index (χ4v) is 3.18. The summed E-state index contributed by atoms with van der Waals surface area (Å²) in [6.45, 7) is 8.83. The lowest BCUT2D eigenvalue weighted by Gasteiger charge is -2.18. The molecule has 0 saturated carbocycles. The monoisotopic (exact) mass is 306 g/mol. The van der Waals surface area contributed by atoms with Gasteiger partial charge in [-0.1, -0.05) is 50.1 Å². The number of fused-ring (bicyclic) bond motifs is 2. The molecule has 0 amide bonds. The second kappa shape index (κ2) is 6.62. The summed E-state index contributed by atoms with van der Waals surface area (Å²) >= 11 is 0. The van der Waals surface area contributed by atoms with Crippen molar-refractivity contribution in [2.45, 2.75) is 46.6 Å². The predicted molar refractivity (Wildman–Crippen MR) is 100 cm³/mol. The van der Waals surface area contributed by atoms with Gasteiger partial charge in [0, 0.05) is 0 Å². The van der Waals surface area contributed by atoms with E-state index in [4.69, 9.17) is 4.74 Å². The van der Waals surface area contributed by atoms with Crippen molar-refractivity contribution in [3.05, 3.63) is 54.1 Å². The molecule has 0 aliphatic rings. The molecule has 1 nitrogen and oxygen atoms in total. The van der Waals surface area contributed by atoms with E-state index in [1.807, 2.05) is 0 Å². The highest BCUT2D eigenvalue weighted by molar-refractivity contribution is 5.98. The Kier molecular flexibility index (Phi) is 4.56. The van der Waals surface area contributed by atoms with Crippen LogP contribution in [0.2, 0.25) is 0 Å². The topological polar surface area (TPSA) is 9.23 Å². The number of hydrogen-bond acceptors (Lipinski definition) is 1. The lowest BCUT2D eigenvalue weighted by Crippen LogP contribution is -2.15. The molecule has 0 aliphatic heterocycles. The Labute approximate surface area is 139 Å². The quantitative estimate of drug-likeness (QED) is 0.488. The van der Waals surface area contributed by atoms with Crippen LogP contribution >= 0.6 is 0 Å². The second-order valence-electron chi connectivity index (χ2n) is 6.89. The molecule has 0 aliphatic carbocycles. The zero-order valence-corrected chi connectivity index (χ0v) is 14.6. The van der Waals surface area contributed by atoms with E-state index in [0.29, 0.717) is 5.92 Å². The lowest BCUT2D eigenvalue weighted by molar-refractivity contribution is 0.188. The van der Waals surface area contributed by atoms with Crippen LogP contribution in [-0.2, 0) is 0 Å². The van der Waals surface area contributed by atoms with E-state index in [9.17, 15) is 0 Å². The number of rotatable bonds is 5. The standard InChI is InChI=1S/C22H26O/c1-5-15(2)10-17(4)23-22-9-8-19-12-20-11-16(3)6-7-18(20)13-21(19)14-22/h6-9,11-15,17H,5,10H2,1-4H3. The molecule has 0 aromatic heterocycles. The Balaban J connectivity index is 1.89. The summed E-state index contributed by atoms with van der Waals surface area (Å²) in [5.41, 5.74) is 1.30. The van der Waals surface area contributed by atoms with E-state index in [1.54, 1.807) is 0 Å². The number of aryl methyl sites for hydroxylation is 1. The molecule has 3 aromatic carbocycles. The average molecular weight is 306 g/mol. The SMILES string of the molecule is CCC(C)CC(C)Oc1ccc2cc3cc(C)ccc3cc2c1. The number of benzene rings is 3. The molecule has 0 bridgehead atoms. The van der Waals surface area contributed by atoms with Gasteiger partial charge in [0.15, 0.2) is 0 Å². The molecule has 0 spiro atoms. The molecule has 120 valence electrons. The summed E-state index contributed by atoms with van der Waals surface area (Å²) in [4.78, 5) is 0. The van der Waals surface area contributed by atoms with Crippen LogP contribution in [0.25, 0.3) is 21.5 Å². The van der Waals surface area contributed by atoms with Gasteiger partial charge in [0.1, 0.15) is 5.75 Å². The van der Waals surface area contributed by atoms with Gasteiger partial charge in [0.2, 0.25) is 0 Å². The van der Waals surface area contributed by atoms with Crippen LogP contribution in [0.3, 0.4) is 0 Å². The minimum Gasteiger partial charge on any atom is -0.491 e. The first-order chi connectivity index (χ1) is 11.0. The van der Waals surface area contributed by atoms with Crippen LogP contribution in [0, 0.1) is 12.8 Å². The molecule has 1 heteroatoms. The van der Waals surface area contributed by atoms with Crippen LogP contribution in [0.1, 0.15) is 39.2 Å². The summed E-state index contributed by atoms with van der Waals surface area (Å²) < 4.78 is 6.13. The zero-order valence-electron chi connectivity index (χ0n) is 14.6. The average Bonchev–Trinajstić information content (AvgIpc) is 2.52. The van der Waals surface area contributed by atoms with E-state index < -0.39 is 0 Å². The molecular formula is C22H26O. The molecule has 0 radical (unpaired) electrons. The Hall–Kier alpha value is -2.02. The van der Waals surface area contributed by atoms with Crippen molar-refractivity contribution in [2.75, 3.05) is 0 Å². The Morgan fingerprint density at radius 1 is 0.826 bits per heavy atom. The van der Waals surface area contributed by atoms with Gasteiger partial charge in [-0.15, -0.1) is 0 Å². The van der Waals surface area contributed by atoms with Gasteiger partial charge >= 0.3 is 0 Å². The van der Waals surface area contributed by atoms with Gasteiger partial charge in [-0.05, 0) is 72.0 Å². The Morgan fingerprint density at radius 3 is 2.17 bits per heavy atom. The first kappa shape index (κ1) is 15.9. The summed E-state index contributed by atoms with van der Waals surface area (Å²) in [7, 11) is 0. The van der Waals surface area contributed by atoms with Gasteiger partial charge < -0.3 is 4.74 Å². The summed E-state index contributed by atoms with van der Waals surface area (Å²) in [6, 6.07) is 17.6. The third-order valence-corrected chi connectivity index (χ3v) is 4.69. The molecule has 3 rings (SSSR count). The number of hydrogen-bond donors (Lipinski definition) is 0. The summed E-state index contributed by atoms with van der Waals surface area (Å²) in [5.74, 6) is 1.68. The highest BCUT2D eigenvalue weighted by Crippen LogP contribution is 2.28. The van der Waals surface area contributed by atoms with Crippen molar-refractivity contribution < 1.29 is 4.74 Å². The molecule has 0 heterocycles. The van der Waals surface area contributed by atoms with Gasteiger partial charge in [0.05, 0.1) is 6.10 Å². The van der Waals surface area contributed by atoms with Crippen LogP contribution < -0.4 is 4.74 Å². The third-order valence-electron chi connectivity index (χ3n) is 4.69. The van der Waals surface area contributed by atoms with Crippen molar-refractivity contribution in [1.29, 1.82) is 0 Å². The highest BCUT2D eigenvalue weighted by Gasteiger charge is 2.09. The van der Waals surface area contributed by atoms with Crippen LogP contribution in [0.4, 0.5) is 0 Å². The minimum absolute atomic E-state index is 0.255. The van der Waals surface area contributed by atoms with Crippen molar-refractivity contribution >= 4 is 21.5 Å². The summed E-state index contributed by atoms with van der Waals surface area (Å²) in [6.07, 6.45) is 2.56. The first-order valence-electron chi connectivity index (χ1n) is 8.66. The maximum absolute atomic E-state index is 6.13. The maximum Gasteiger partial charge on any atom is 0.120 e. The Bertz CT molecular complexity index is 819. The smallest absolute Gasteiger partial charge is 0.120 e. The van der Waals surface area contributed by atoms with Gasteiger partial charge in [-0.25, -0.2) is 0 Å². The Morgan fingerprint density at radius 2 is 1.48 bits per heavy atom. The third kappa shape index (κ3) is 3.67. The lowest BCUT2D eigenvalue weighted by atomic mass is 10.0. The minimum atomic E-state index is 0.255. The fraction of sp³-hybridized carbons (Fsp3) is 0.364. The maximum atomic E-state index is 6.13. The molecule has 0 saturated heterocycles. The van der Waals surface area contributed by atoms with Crippen molar-refractivity contribution in [3.8, 4) is 5.75 Å². The zero-order chi connectivity index (χ0) is 16.4. The highest BCUT2D eigenvalue weighted by atomic mass is 16.5. The predicted octanol–water partition coefficient (Wildman–Crippen LogP) is 6.50. The second-order valence-corrected chi connectivity index (χ2v) is 6.89. The van der Waals surface area contributed by atoms with Crippen LogP contribution in [0.15, 0.2) is 48.5 Å². The largest absolute Gasteiger partial charge is 0.491 e. The number of ether oxygens (including phenoxy) is 1. The van der Waals surface area contributed by atoms with E-state index in [0.717, 1.165) is 12.2 Å². The van der Waals surface area contributed by atoms with Crippen molar-refractivity contribution in [1.82, 2.24) is 0 Å².